The highest BCUT2D eigenvalue weighted by molar-refractivity contribution is 6.64. The molecule has 0 saturated heterocycles. The van der Waals surface area contributed by atoms with Gasteiger partial charge in [-0.1, -0.05) is 41.9 Å². The van der Waals surface area contributed by atoms with Crippen molar-refractivity contribution in [1.29, 1.82) is 0 Å². The van der Waals surface area contributed by atoms with E-state index in [0.717, 1.165) is 16.8 Å². The van der Waals surface area contributed by atoms with Gasteiger partial charge in [-0.2, -0.15) is 0 Å². The molecule has 2 heterocycles. The summed E-state index contributed by atoms with van der Waals surface area (Å²) in [5.74, 6) is 0.505. The van der Waals surface area contributed by atoms with Gasteiger partial charge >= 0.3 is 0 Å². The number of dihydropyridines is 1. The molecular weight excluding hydrogens is 348 g/mol. The number of ketones is 1. The number of halogens is 1. The highest BCUT2D eigenvalue weighted by Gasteiger charge is 2.26. The molecule has 128 valence electrons. The van der Waals surface area contributed by atoms with Gasteiger partial charge in [-0.15, -0.1) is 0 Å². The molecule has 2 aliphatic heterocycles. The van der Waals surface area contributed by atoms with Crippen LogP contribution >= 0.6 is 11.6 Å². The second-order valence-corrected chi connectivity index (χ2v) is 6.29. The fourth-order valence-corrected chi connectivity index (χ4v) is 3.11. The summed E-state index contributed by atoms with van der Waals surface area (Å²) in [6.45, 7) is 0.852. The minimum absolute atomic E-state index is 0.198. The van der Waals surface area contributed by atoms with E-state index in [1.54, 1.807) is 36.5 Å². The lowest BCUT2D eigenvalue weighted by atomic mass is 10.00. The molecule has 5 heteroatoms. The van der Waals surface area contributed by atoms with Crippen molar-refractivity contribution in [3.63, 3.8) is 0 Å². The van der Waals surface area contributed by atoms with Gasteiger partial charge in [0.1, 0.15) is 18.1 Å². The third-order valence-electron chi connectivity index (χ3n) is 4.19. The van der Waals surface area contributed by atoms with E-state index in [1.165, 1.54) is 0 Å². The van der Waals surface area contributed by atoms with Crippen molar-refractivity contribution in [1.82, 2.24) is 0 Å². The first kappa shape index (κ1) is 16.5. The largest absolute Gasteiger partial charge is 0.489 e. The Hall–Kier alpha value is -2.98. The average Bonchev–Trinajstić information content (AvgIpc) is 3.17. The summed E-state index contributed by atoms with van der Waals surface area (Å²) in [7, 11) is 0. The Bertz CT molecular complexity index is 971. The van der Waals surface area contributed by atoms with Crippen molar-refractivity contribution in [3.05, 3.63) is 88.6 Å². The molecule has 0 spiro atoms. The van der Waals surface area contributed by atoms with Crippen LogP contribution in [0.4, 0.5) is 0 Å². The van der Waals surface area contributed by atoms with Crippen LogP contribution in [0, 0.1) is 0 Å². The third kappa shape index (κ3) is 3.24. The van der Waals surface area contributed by atoms with E-state index in [0.29, 0.717) is 29.5 Å². The molecule has 0 bridgehead atoms. The Morgan fingerprint density at radius 2 is 1.85 bits per heavy atom. The molecule has 0 amide bonds. The maximum Gasteiger partial charge on any atom is 0.212 e. The summed E-state index contributed by atoms with van der Waals surface area (Å²) in [6, 6.07) is 16.9. The van der Waals surface area contributed by atoms with Gasteiger partial charge in [-0.25, -0.2) is 0 Å². The minimum atomic E-state index is -0.198. The summed E-state index contributed by atoms with van der Waals surface area (Å²) < 4.78 is 5.75. The molecule has 0 aromatic heterocycles. The predicted octanol–water partition coefficient (Wildman–Crippen LogP) is 4.36. The summed E-state index contributed by atoms with van der Waals surface area (Å²) in [5, 5.41) is 0.359. The molecule has 0 saturated carbocycles. The number of Topliss-reactive ketones (excluding diaryl/α,β-unsaturated/α-hetero) is 1. The van der Waals surface area contributed by atoms with Crippen molar-refractivity contribution in [2.45, 2.75) is 6.61 Å². The maximum absolute atomic E-state index is 12.7. The number of benzene rings is 2. The van der Waals surface area contributed by atoms with Gasteiger partial charge in [0.05, 0.1) is 17.3 Å². The van der Waals surface area contributed by atoms with Gasteiger partial charge in [0.2, 0.25) is 5.78 Å². The van der Waals surface area contributed by atoms with Crippen LogP contribution in [0.3, 0.4) is 0 Å². The molecule has 4 rings (SSSR count). The summed E-state index contributed by atoms with van der Waals surface area (Å²) in [6.07, 6.45) is 3.48. The second-order valence-electron chi connectivity index (χ2n) is 5.91. The Labute approximate surface area is 156 Å². The first-order valence-electron chi connectivity index (χ1n) is 8.22. The molecule has 2 aromatic rings. The summed E-state index contributed by atoms with van der Waals surface area (Å²) in [5.41, 5.74) is 3.48. The fraction of sp³-hybridized carbons (Fsp3) is 0.0952. The van der Waals surface area contributed by atoms with Crippen LogP contribution in [0.5, 0.6) is 5.75 Å². The average molecular weight is 363 g/mol. The monoisotopic (exact) mass is 362 g/mol. The number of carbonyl (C=O) groups excluding carboxylic acids is 1. The lowest BCUT2D eigenvalue weighted by Crippen LogP contribution is -2.23. The smallest absolute Gasteiger partial charge is 0.212 e. The Balaban J connectivity index is 1.47. The van der Waals surface area contributed by atoms with Crippen LogP contribution in [-0.2, 0) is 6.61 Å². The second kappa shape index (κ2) is 7.10. The molecule has 0 radical (unpaired) electrons. The number of allylic oxidation sites excluding steroid dienone is 2. The van der Waals surface area contributed by atoms with Crippen LogP contribution in [0.1, 0.15) is 15.9 Å². The minimum Gasteiger partial charge on any atom is -0.489 e. The summed E-state index contributed by atoms with van der Waals surface area (Å²) in [4.78, 5) is 21.2. The van der Waals surface area contributed by atoms with E-state index in [-0.39, 0.29) is 11.5 Å². The number of ether oxygens (including phenoxy) is 1. The predicted molar refractivity (Wildman–Crippen MR) is 103 cm³/mol. The van der Waals surface area contributed by atoms with Gasteiger partial charge in [-0.05, 0) is 35.9 Å². The number of nitrogens with zero attached hydrogens (tertiary/aromatic N) is 2. The number of carbonyl (C=O) groups is 1. The van der Waals surface area contributed by atoms with Gasteiger partial charge in [0.15, 0.2) is 0 Å². The topological polar surface area (TPSA) is 51.0 Å². The lowest BCUT2D eigenvalue weighted by Gasteiger charge is -2.14. The zero-order chi connectivity index (χ0) is 17.9. The molecule has 2 aliphatic rings. The molecular formula is C21H15ClN2O2. The van der Waals surface area contributed by atoms with Crippen molar-refractivity contribution < 1.29 is 9.53 Å². The van der Waals surface area contributed by atoms with Crippen LogP contribution in [0.2, 0.25) is 0 Å². The van der Waals surface area contributed by atoms with Crippen LogP contribution in [0.25, 0.3) is 0 Å². The number of rotatable bonds is 5. The molecule has 0 fully saturated rings. The Kier molecular flexibility index (Phi) is 4.50. The zero-order valence-corrected chi connectivity index (χ0v) is 14.6. The van der Waals surface area contributed by atoms with Crippen molar-refractivity contribution >= 4 is 28.8 Å². The molecule has 2 aromatic carbocycles. The Morgan fingerprint density at radius 3 is 2.62 bits per heavy atom. The van der Waals surface area contributed by atoms with E-state index in [2.05, 4.69) is 9.98 Å². The van der Waals surface area contributed by atoms with Crippen LogP contribution in [-0.4, -0.2) is 23.8 Å². The number of aliphatic imine (C=N–C) groups is 2. The molecule has 0 unspecified atom stereocenters. The highest BCUT2D eigenvalue weighted by Crippen LogP contribution is 2.25. The van der Waals surface area contributed by atoms with E-state index in [9.17, 15) is 4.79 Å². The van der Waals surface area contributed by atoms with E-state index >= 15 is 0 Å². The fourth-order valence-electron chi connectivity index (χ4n) is 2.80. The van der Waals surface area contributed by atoms with Crippen LogP contribution in [0.15, 0.2) is 87.5 Å². The van der Waals surface area contributed by atoms with Gasteiger partial charge in [-0.3, -0.25) is 14.8 Å². The van der Waals surface area contributed by atoms with Crippen LogP contribution < -0.4 is 4.74 Å². The van der Waals surface area contributed by atoms with Gasteiger partial charge < -0.3 is 4.74 Å². The first-order valence-corrected chi connectivity index (χ1v) is 8.60. The third-order valence-corrected chi connectivity index (χ3v) is 4.58. The molecule has 0 aliphatic carbocycles. The molecule has 0 N–H and O–H groups in total. The van der Waals surface area contributed by atoms with Gasteiger partial charge in [0, 0.05) is 17.3 Å². The number of hydrogen-bond acceptors (Lipinski definition) is 4. The van der Waals surface area contributed by atoms with E-state index < -0.39 is 0 Å². The molecule has 26 heavy (non-hydrogen) atoms. The highest BCUT2D eigenvalue weighted by atomic mass is 35.5. The van der Waals surface area contributed by atoms with Crippen molar-refractivity contribution in [2.75, 3.05) is 6.54 Å². The zero-order valence-electron chi connectivity index (χ0n) is 13.9. The quantitative estimate of drug-likeness (QED) is 0.742. The molecule has 0 atom stereocenters. The summed E-state index contributed by atoms with van der Waals surface area (Å²) >= 11 is 6.35. The van der Waals surface area contributed by atoms with E-state index in [4.69, 9.17) is 16.3 Å². The standard InChI is InChI=1S/C21H15ClN2O2/c22-19-17-10-11-23-18(17)12-24-20(19)21(25)15-6-8-16(9-7-15)26-13-14-4-2-1-3-5-14/h1-11H,12-13H2. The lowest BCUT2D eigenvalue weighted by molar-refractivity contribution is 0.106. The van der Waals surface area contributed by atoms with E-state index in [1.807, 2.05) is 30.3 Å². The first-order chi connectivity index (χ1) is 12.7. The maximum atomic E-state index is 12.7. The van der Waals surface area contributed by atoms with Gasteiger partial charge in [0.25, 0.3) is 0 Å². The van der Waals surface area contributed by atoms with Crippen molar-refractivity contribution in [2.24, 2.45) is 9.98 Å². The Morgan fingerprint density at radius 1 is 1.08 bits per heavy atom. The normalized spacial score (nSPS) is 15.4. The number of fused-ring (bicyclic) bond motifs is 1. The molecule has 4 nitrogen and oxygen atoms in total. The van der Waals surface area contributed by atoms with Crippen molar-refractivity contribution in [3.8, 4) is 5.75 Å². The number of hydrogen-bond donors (Lipinski definition) is 0. The SMILES string of the molecule is O=C(C1=NCC2=NC=CC2=C1Cl)c1ccc(OCc2ccccc2)cc1.